The van der Waals surface area contributed by atoms with Gasteiger partial charge in [-0.3, -0.25) is 10.1 Å². The molecule has 3 aromatic rings. The topological polar surface area (TPSA) is 117 Å². The van der Waals surface area contributed by atoms with Gasteiger partial charge >= 0.3 is 0 Å². The highest BCUT2D eigenvalue weighted by atomic mass is 32.2. The number of hydrogen-bond acceptors (Lipinski definition) is 7. The Balaban J connectivity index is 1.64. The largest absolute Gasteiger partial charge is 0.492 e. The lowest BCUT2D eigenvalue weighted by molar-refractivity contribution is 0.0169. The Morgan fingerprint density at radius 3 is 2.28 bits per heavy atom. The Labute approximate surface area is 212 Å². The van der Waals surface area contributed by atoms with E-state index < -0.39 is 21.7 Å². The molecule has 0 radical (unpaired) electrons. The Bertz CT molecular complexity index is 1260. The average molecular weight is 512 g/mol. The highest BCUT2D eigenvalue weighted by molar-refractivity contribution is 7.89. The number of aliphatic hydroxyl groups is 1. The molecule has 1 atom stereocenters. The standard InChI is InChI=1S/C27H33N3O5S/c1-4-16-28-25-19-21(12-15-24(25)26(31)30-36(3,33)34)20-10-13-23(14-11-20)35-18-17-29-27(2,32)22-8-6-5-7-9-22/h5-15,19,28-29,32H,4,16-18H2,1-3H3,(H,30,31)/t27-/m0/s1. The van der Waals surface area contributed by atoms with Crippen molar-refractivity contribution in [1.29, 1.82) is 0 Å². The van der Waals surface area contributed by atoms with Crippen molar-refractivity contribution in [1.82, 2.24) is 10.0 Å². The zero-order valence-electron chi connectivity index (χ0n) is 20.7. The second-order valence-corrected chi connectivity index (χ2v) is 10.4. The fourth-order valence-corrected chi connectivity index (χ4v) is 4.07. The molecule has 0 fully saturated rings. The third-order valence-electron chi connectivity index (χ3n) is 5.47. The Morgan fingerprint density at radius 2 is 1.64 bits per heavy atom. The smallest absolute Gasteiger partial charge is 0.266 e. The molecule has 36 heavy (non-hydrogen) atoms. The summed E-state index contributed by atoms with van der Waals surface area (Å²) >= 11 is 0. The van der Waals surface area contributed by atoms with Gasteiger partial charge in [-0.05, 0) is 54.3 Å². The van der Waals surface area contributed by atoms with Crippen molar-refractivity contribution < 1.29 is 23.1 Å². The zero-order chi connectivity index (χ0) is 26.2. The highest BCUT2D eigenvalue weighted by Gasteiger charge is 2.21. The van der Waals surface area contributed by atoms with Crippen molar-refractivity contribution >= 4 is 21.6 Å². The van der Waals surface area contributed by atoms with Crippen LogP contribution in [0.4, 0.5) is 5.69 Å². The molecule has 3 rings (SSSR count). The van der Waals surface area contributed by atoms with Crippen LogP contribution in [0, 0.1) is 0 Å². The SMILES string of the molecule is CCCNc1cc(-c2ccc(OCCN[C@@](C)(O)c3ccccc3)cc2)ccc1C(=O)NS(C)(=O)=O. The lowest BCUT2D eigenvalue weighted by Crippen LogP contribution is -2.41. The molecule has 0 bridgehead atoms. The van der Waals surface area contributed by atoms with Crippen LogP contribution in [-0.2, 0) is 15.7 Å². The molecule has 0 saturated carbocycles. The lowest BCUT2D eigenvalue weighted by Gasteiger charge is -2.25. The first-order valence-electron chi connectivity index (χ1n) is 11.8. The molecule has 8 nitrogen and oxygen atoms in total. The molecule has 0 aromatic heterocycles. The molecule has 3 aromatic carbocycles. The second kappa shape index (κ2) is 12.0. The summed E-state index contributed by atoms with van der Waals surface area (Å²) in [5, 5.41) is 16.9. The van der Waals surface area contributed by atoms with Crippen LogP contribution in [0.3, 0.4) is 0 Å². The molecule has 4 N–H and O–H groups in total. The summed E-state index contributed by atoms with van der Waals surface area (Å²) in [7, 11) is -3.67. The fourth-order valence-electron chi connectivity index (χ4n) is 3.62. The van der Waals surface area contributed by atoms with Gasteiger partial charge in [-0.1, -0.05) is 55.5 Å². The monoisotopic (exact) mass is 511 g/mol. The molecular formula is C27H33N3O5S. The van der Waals surface area contributed by atoms with E-state index in [1.54, 1.807) is 19.1 Å². The van der Waals surface area contributed by atoms with E-state index >= 15 is 0 Å². The van der Waals surface area contributed by atoms with Crippen LogP contribution < -0.4 is 20.1 Å². The Morgan fingerprint density at radius 1 is 0.972 bits per heavy atom. The minimum atomic E-state index is -3.67. The molecule has 0 heterocycles. The number of benzene rings is 3. The van der Waals surface area contributed by atoms with E-state index in [-0.39, 0.29) is 5.56 Å². The predicted octanol–water partition coefficient (Wildman–Crippen LogP) is 3.70. The van der Waals surface area contributed by atoms with Gasteiger partial charge in [0.1, 0.15) is 18.1 Å². The van der Waals surface area contributed by atoms with Gasteiger partial charge in [0, 0.05) is 18.8 Å². The van der Waals surface area contributed by atoms with Gasteiger partial charge in [-0.15, -0.1) is 0 Å². The van der Waals surface area contributed by atoms with Gasteiger partial charge in [-0.2, -0.15) is 0 Å². The molecule has 192 valence electrons. The fraction of sp³-hybridized carbons (Fsp3) is 0.296. The van der Waals surface area contributed by atoms with E-state index in [1.807, 2.05) is 72.3 Å². The van der Waals surface area contributed by atoms with E-state index in [9.17, 15) is 18.3 Å². The molecule has 1 amide bonds. The second-order valence-electron chi connectivity index (χ2n) is 8.63. The number of sulfonamides is 1. The van der Waals surface area contributed by atoms with E-state index in [0.29, 0.717) is 31.1 Å². The van der Waals surface area contributed by atoms with Crippen molar-refractivity contribution in [3.8, 4) is 16.9 Å². The van der Waals surface area contributed by atoms with Crippen molar-refractivity contribution in [2.75, 3.05) is 31.3 Å². The van der Waals surface area contributed by atoms with Crippen LogP contribution in [0.1, 0.15) is 36.2 Å². The number of carbonyl (C=O) groups excluding carboxylic acids is 1. The van der Waals surface area contributed by atoms with E-state index in [1.165, 1.54) is 0 Å². The van der Waals surface area contributed by atoms with Gasteiger partial charge in [0.25, 0.3) is 5.91 Å². The highest BCUT2D eigenvalue weighted by Crippen LogP contribution is 2.28. The normalized spacial score (nSPS) is 13.0. The van der Waals surface area contributed by atoms with Gasteiger partial charge in [-0.25, -0.2) is 13.1 Å². The predicted molar refractivity (Wildman–Crippen MR) is 142 cm³/mol. The van der Waals surface area contributed by atoms with Crippen LogP contribution in [0.15, 0.2) is 72.8 Å². The third-order valence-corrected chi connectivity index (χ3v) is 6.03. The van der Waals surface area contributed by atoms with Crippen LogP contribution in [0.25, 0.3) is 11.1 Å². The lowest BCUT2D eigenvalue weighted by atomic mass is 10.0. The number of ether oxygens (including phenoxy) is 1. The summed E-state index contributed by atoms with van der Waals surface area (Å²) in [6.45, 7) is 5.17. The summed E-state index contributed by atoms with van der Waals surface area (Å²) in [5.74, 6) is 0.0136. The minimum Gasteiger partial charge on any atom is -0.492 e. The zero-order valence-corrected chi connectivity index (χ0v) is 21.6. The van der Waals surface area contributed by atoms with Crippen molar-refractivity contribution in [2.24, 2.45) is 0 Å². The quantitative estimate of drug-likeness (QED) is 0.216. The number of rotatable bonds is 12. The number of nitrogens with one attached hydrogen (secondary N) is 3. The first kappa shape index (κ1) is 27.2. The van der Waals surface area contributed by atoms with Crippen LogP contribution >= 0.6 is 0 Å². The van der Waals surface area contributed by atoms with Gasteiger partial charge in [0.2, 0.25) is 10.0 Å². The van der Waals surface area contributed by atoms with Crippen LogP contribution in [-0.4, -0.2) is 45.4 Å². The maximum absolute atomic E-state index is 12.4. The third kappa shape index (κ3) is 7.81. The van der Waals surface area contributed by atoms with Crippen molar-refractivity contribution in [2.45, 2.75) is 26.0 Å². The average Bonchev–Trinajstić information content (AvgIpc) is 2.85. The molecule has 9 heteroatoms. The molecule has 0 aliphatic heterocycles. The minimum absolute atomic E-state index is 0.261. The number of anilines is 1. The van der Waals surface area contributed by atoms with Gasteiger partial charge in [0.05, 0.1) is 11.8 Å². The number of carbonyl (C=O) groups is 1. The summed E-state index contributed by atoms with van der Waals surface area (Å²) < 4.78 is 30.8. The number of amides is 1. The number of hydrogen-bond donors (Lipinski definition) is 4. The maximum atomic E-state index is 12.4. The summed E-state index contributed by atoms with van der Waals surface area (Å²) in [5.41, 5.74) is 2.24. The Hall–Kier alpha value is -3.40. The van der Waals surface area contributed by atoms with Crippen LogP contribution in [0.2, 0.25) is 0 Å². The summed E-state index contributed by atoms with van der Waals surface area (Å²) in [4.78, 5) is 12.4. The van der Waals surface area contributed by atoms with Crippen molar-refractivity contribution in [3.05, 3.63) is 83.9 Å². The molecular weight excluding hydrogens is 478 g/mol. The van der Waals surface area contributed by atoms with Crippen molar-refractivity contribution in [3.63, 3.8) is 0 Å². The molecule has 0 spiro atoms. The maximum Gasteiger partial charge on any atom is 0.266 e. The van der Waals surface area contributed by atoms with E-state index in [4.69, 9.17) is 4.74 Å². The summed E-state index contributed by atoms with van der Waals surface area (Å²) in [6.07, 6.45) is 1.79. The molecule has 0 aliphatic rings. The molecule has 0 aliphatic carbocycles. The first-order valence-corrected chi connectivity index (χ1v) is 13.6. The van der Waals surface area contributed by atoms with E-state index in [2.05, 4.69) is 10.6 Å². The van der Waals surface area contributed by atoms with E-state index in [0.717, 1.165) is 29.4 Å². The van der Waals surface area contributed by atoms with Crippen LogP contribution in [0.5, 0.6) is 5.75 Å². The first-order chi connectivity index (χ1) is 17.1. The van der Waals surface area contributed by atoms with Gasteiger partial charge in [0.15, 0.2) is 0 Å². The molecule has 0 unspecified atom stereocenters. The molecule has 0 saturated heterocycles. The van der Waals surface area contributed by atoms with Gasteiger partial charge < -0.3 is 15.2 Å². The summed E-state index contributed by atoms with van der Waals surface area (Å²) in [6, 6.07) is 22.1. The Kier molecular flexibility index (Phi) is 9.08.